The average Bonchev–Trinajstić information content (AvgIpc) is 3.40. The van der Waals surface area contributed by atoms with Crippen molar-refractivity contribution in [2.24, 2.45) is 0 Å². The molecule has 10 heteroatoms. The van der Waals surface area contributed by atoms with Crippen molar-refractivity contribution in [3.8, 4) is 28.4 Å². The number of rotatable bonds is 6. The van der Waals surface area contributed by atoms with Crippen LogP contribution in [-0.4, -0.2) is 54.4 Å². The Morgan fingerprint density at radius 2 is 1.50 bits per heavy atom. The second kappa shape index (κ2) is 10.6. The summed E-state index contributed by atoms with van der Waals surface area (Å²) in [5, 5.41) is 13.2. The van der Waals surface area contributed by atoms with Crippen LogP contribution in [0.1, 0.15) is 36.1 Å². The minimum absolute atomic E-state index is 0.117. The van der Waals surface area contributed by atoms with E-state index >= 15 is 0 Å². The second-order valence-corrected chi connectivity index (χ2v) is 8.96. The van der Waals surface area contributed by atoms with E-state index in [1.54, 1.807) is 0 Å². The molecular formula is C26H28N8O2. The van der Waals surface area contributed by atoms with Gasteiger partial charge in [0.1, 0.15) is 17.7 Å². The highest BCUT2D eigenvalue weighted by molar-refractivity contribution is 5.79. The number of nitrogens with one attached hydrogen (secondary N) is 1. The van der Waals surface area contributed by atoms with Crippen LogP contribution in [0.3, 0.4) is 0 Å². The Morgan fingerprint density at radius 1 is 0.889 bits per heavy atom. The molecule has 1 amide bonds. The van der Waals surface area contributed by atoms with Crippen molar-refractivity contribution in [3.63, 3.8) is 0 Å². The average molecular weight is 485 g/mol. The number of ether oxygens (including phenoxy) is 1. The molecule has 2 aromatic heterocycles. The van der Waals surface area contributed by atoms with Crippen LogP contribution in [0, 0.1) is 13.8 Å². The summed E-state index contributed by atoms with van der Waals surface area (Å²) in [6, 6.07) is 16.1. The Morgan fingerprint density at radius 3 is 2.08 bits per heavy atom. The quantitative estimate of drug-likeness (QED) is 0.438. The van der Waals surface area contributed by atoms with Gasteiger partial charge in [-0.3, -0.25) is 5.43 Å². The molecule has 4 aromatic rings. The number of aryl methyl sites for hydroxylation is 2. The van der Waals surface area contributed by atoms with Gasteiger partial charge in [-0.1, -0.05) is 66.1 Å². The number of carbonyl (C=O) groups is 1. The molecule has 2 aromatic carbocycles. The smallest absolute Gasteiger partial charge is 0.388 e. The number of amides is 1. The summed E-state index contributed by atoms with van der Waals surface area (Å²) in [7, 11) is 0. The molecule has 1 aliphatic rings. The highest BCUT2D eigenvalue weighted by Gasteiger charge is 2.22. The van der Waals surface area contributed by atoms with Crippen molar-refractivity contribution in [2.45, 2.75) is 39.7 Å². The van der Waals surface area contributed by atoms with Crippen molar-refractivity contribution < 1.29 is 9.53 Å². The van der Waals surface area contributed by atoms with Crippen LogP contribution < -0.4 is 10.2 Å². The molecule has 1 N–H and O–H groups in total. The number of hydrogen-bond acceptors (Lipinski definition) is 8. The van der Waals surface area contributed by atoms with Gasteiger partial charge in [-0.05, 0) is 37.1 Å². The van der Waals surface area contributed by atoms with E-state index < -0.39 is 6.09 Å². The van der Waals surface area contributed by atoms with Crippen LogP contribution in [0.5, 0.6) is 5.88 Å². The molecule has 0 atom stereocenters. The molecule has 0 radical (unpaired) electrons. The van der Waals surface area contributed by atoms with Gasteiger partial charge >= 0.3 is 6.09 Å². The fourth-order valence-electron chi connectivity index (χ4n) is 4.12. The second-order valence-electron chi connectivity index (χ2n) is 8.96. The van der Waals surface area contributed by atoms with Crippen LogP contribution in [0.15, 0.2) is 54.9 Å². The molecule has 0 saturated carbocycles. The van der Waals surface area contributed by atoms with Gasteiger partial charge in [0.25, 0.3) is 0 Å². The van der Waals surface area contributed by atoms with Gasteiger partial charge in [-0.15, -0.1) is 5.10 Å². The maximum absolute atomic E-state index is 12.8. The number of benzene rings is 2. The zero-order valence-electron chi connectivity index (χ0n) is 20.4. The van der Waals surface area contributed by atoms with Crippen molar-refractivity contribution in [1.82, 2.24) is 40.6 Å². The standard InChI is InChI=1S/C26H28N8O2/c1-18-6-10-20(11-7-18)23-24(21-12-8-19(2)9-13-21)29-25(22(28-23)16-34-17-27-31-32-34)36-26(35)30-33-14-4-3-5-15-33/h6-13,17H,3-5,14-16H2,1-2H3,(H,30,35). The van der Waals surface area contributed by atoms with Gasteiger partial charge in [-0.2, -0.15) is 0 Å². The van der Waals surface area contributed by atoms with Crippen LogP contribution in [0.2, 0.25) is 0 Å². The van der Waals surface area contributed by atoms with Crippen molar-refractivity contribution >= 4 is 6.09 Å². The van der Waals surface area contributed by atoms with E-state index in [1.165, 1.54) is 11.0 Å². The normalized spacial score (nSPS) is 13.9. The van der Waals surface area contributed by atoms with E-state index in [9.17, 15) is 4.79 Å². The number of hydrazine groups is 1. The predicted molar refractivity (Wildman–Crippen MR) is 134 cm³/mol. The minimum Gasteiger partial charge on any atom is -0.388 e. The number of tetrazole rings is 1. The highest BCUT2D eigenvalue weighted by atomic mass is 16.6. The third-order valence-electron chi connectivity index (χ3n) is 6.08. The molecule has 1 fully saturated rings. The molecule has 0 aliphatic carbocycles. The molecule has 1 saturated heterocycles. The Kier molecular flexibility index (Phi) is 6.94. The van der Waals surface area contributed by atoms with Crippen LogP contribution in [-0.2, 0) is 6.54 Å². The lowest BCUT2D eigenvalue weighted by atomic mass is 10.0. The van der Waals surface area contributed by atoms with Gasteiger partial charge in [0.05, 0.1) is 12.2 Å². The van der Waals surface area contributed by atoms with E-state index in [0.717, 1.165) is 54.6 Å². The van der Waals surface area contributed by atoms with E-state index in [-0.39, 0.29) is 12.4 Å². The summed E-state index contributed by atoms with van der Waals surface area (Å²) in [4.78, 5) is 22.6. The van der Waals surface area contributed by atoms with Gasteiger partial charge in [0, 0.05) is 24.2 Å². The molecule has 184 valence electrons. The minimum atomic E-state index is -0.595. The lowest BCUT2D eigenvalue weighted by Crippen LogP contribution is -2.46. The van der Waals surface area contributed by atoms with Gasteiger partial charge in [0.15, 0.2) is 0 Å². The largest absolute Gasteiger partial charge is 0.428 e. The predicted octanol–water partition coefficient (Wildman–Crippen LogP) is 3.95. The Labute approximate surface area is 209 Å². The lowest BCUT2D eigenvalue weighted by Gasteiger charge is -2.26. The third kappa shape index (κ3) is 5.55. The van der Waals surface area contributed by atoms with E-state index in [1.807, 2.05) is 67.4 Å². The van der Waals surface area contributed by atoms with E-state index in [2.05, 4.69) is 21.0 Å². The number of piperidine rings is 1. The summed E-state index contributed by atoms with van der Waals surface area (Å²) in [6.45, 7) is 5.85. The molecule has 1 aliphatic heterocycles. The summed E-state index contributed by atoms with van der Waals surface area (Å²) >= 11 is 0. The maximum Gasteiger partial charge on any atom is 0.428 e. The fraction of sp³-hybridized carbons (Fsp3) is 0.308. The first-order valence-electron chi connectivity index (χ1n) is 12.0. The molecule has 0 unspecified atom stereocenters. The molecule has 5 rings (SSSR count). The Balaban J connectivity index is 1.57. The first-order valence-corrected chi connectivity index (χ1v) is 12.0. The summed E-state index contributed by atoms with van der Waals surface area (Å²) in [6.07, 6.45) is 4.12. The van der Waals surface area contributed by atoms with Crippen molar-refractivity contribution in [3.05, 3.63) is 71.7 Å². The molecule has 10 nitrogen and oxygen atoms in total. The first kappa shape index (κ1) is 23.6. The molecule has 3 heterocycles. The van der Waals surface area contributed by atoms with E-state index in [0.29, 0.717) is 17.1 Å². The van der Waals surface area contributed by atoms with Gasteiger partial charge < -0.3 is 4.74 Å². The molecule has 0 bridgehead atoms. The molecular weight excluding hydrogens is 456 g/mol. The zero-order valence-corrected chi connectivity index (χ0v) is 20.4. The van der Waals surface area contributed by atoms with Crippen molar-refractivity contribution in [2.75, 3.05) is 13.1 Å². The first-order chi connectivity index (χ1) is 17.5. The highest BCUT2D eigenvalue weighted by Crippen LogP contribution is 2.33. The molecule has 0 spiro atoms. The summed E-state index contributed by atoms with van der Waals surface area (Å²) < 4.78 is 7.26. The fourth-order valence-corrected chi connectivity index (χ4v) is 4.12. The zero-order chi connectivity index (χ0) is 24.9. The lowest BCUT2D eigenvalue weighted by molar-refractivity contribution is 0.127. The molecule has 36 heavy (non-hydrogen) atoms. The summed E-state index contributed by atoms with van der Waals surface area (Å²) in [5.41, 5.74) is 8.65. The SMILES string of the molecule is Cc1ccc(-c2nc(Cn3cnnn3)c(OC(=O)NN3CCCCC3)nc2-c2ccc(C)cc2)cc1. The van der Waals surface area contributed by atoms with Crippen LogP contribution in [0.25, 0.3) is 22.5 Å². The maximum atomic E-state index is 12.8. The number of carbonyl (C=O) groups excluding carboxylic acids is 1. The van der Waals surface area contributed by atoms with Crippen LogP contribution >= 0.6 is 0 Å². The van der Waals surface area contributed by atoms with Crippen molar-refractivity contribution in [1.29, 1.82) is 0 Å². The Bertz CT molecular complexity index is 1320. The monoisotopic (exact) mass is 484 g/mol. The van der Waals surface area contributed by atoms with Gasteiger partial charge in [0.2, 0.25) is 5.88 Å². The van der Waals surface area contributed by atoms with Crippen LogP contribution in [0.4, 0.5) is 4.79 Å². The third-order valence-corrected chi connectivity index (χ3v) is 6.08. The Hall–Kier alpha value is -4.18. The number of hydrogen-bond donors (Lipinski definition) is 1. The topological polar surface area (TPSA) is 111 Å². The number of nitrogens with zero attached hydrogens (tertiary/aromatic N) is 7. The van der Waals surface area contributed by atoms with E-state index in [4.69, 9.17) is 14.7 Å². The van der Waals surface area contributed by atoms with Gasteiger partial charge in [-0.25, -0.2) is 24.5 Å². The summed E-state index contributed by atoms with van der Waals surface area (Å²) in [5.74, 6) is 0.117. The number of aromatic nitrogens is 6.